The summed E-state index contributed by atoms with van der Waals surface area (Å²) >= 11 is 5.73. The fourth-order valence-corrected chi connectivity index (χ4v) is 4.72. The van der Waals surface area contributed by atoms with Crippen LogP contribution in [0.4, 0.5) is 23.0 Å². The number of carbonyl (C=O) groups is 2. The van der Waals surface area contributed by atoms with Gasteiger partial charge in [-0.05, 0) is 86.3 Å². The molecule has 53 heavy (non-hydrogen) atoms. The molecule has 0 saturated heterocycles. The van der Waals surface area contributed by atoms with E-state index < -0.39 is 11.8 Å². The summed E-state index contributed by atoms with van der Waals surface area (Å²) in [5, 5.41) is 30.1. The fourth-order valence-electron chi connectivity index (χ4n) is 4.57. The van der Waals surface area contributed by atoms with Crippen LogP contribution in [-0.2, 0) is 12.8 Å². The molecule has 0 aliphatic heterocycles. The highest BCUT2D eigenvalue weighted by molar-refractivity contribution is 6.29. The minimum atomic E-state index is -0.688. The van der Waals surface area contributed by atoms with Crippen LogP contribution in [0.1, 0.15) is 57.3 Å². The first-order chi connectivity index (χ1) is 25.4. The highest BCUT2D eigenvalue weighted by Crippen LogP contribution is 2.26. The predicted molar refractivity (Wildman–Crippen MR) is 204 cm³/mol. The molecule has 7 N–H and O–H groups in total. The van der Waals surface area contributed by atoms with Gasteiger partial charge < -0.3 is 31.9 Å². The van der Waals surface area contributed by atoms with Crippen molar-refractivity contribution in [3.8, 4) is 17.4 Å². The molecule has 4 aromatic heterocycles. The number of amides is 2. The zero-order valence-electron chi connectivity index (χ0n) is 29.5. The molecule has 0 unspecified atom stereocenters. The molecular formula is C38H39ClN10O4. The van der Waals surface area contributed by atoms with Gasteiger partial charge in [-0.1, -0.05) is 61.8 Å². The average Bonchev–Trinajstić information content (AvgIpc) is 3.12. The third kappa shape index (κ3) is 12.3. The van der Waals surface area contributed by atoms with Gasteiger partial charge in [0.05, 0.1) is 11.4 Å². The molecule has 6 rings (SSSR count). The number of rotatable bonds is 10. The van der Waals surface area contributed by atoms with Crippen LogP contribution in [-0.4, -0.2) is 47.3 Å². The van der Waals surface area contributed by atoms with E-state index >= 15 is 0 Å². The normalized spacial score (nSPS) is 10.1. The van der Waals surface area contributed by atoms with Crippen LogP contribution in [0.2, 0.25) is 5.15 Å². The highest BCUT2D eigenvalue weighted by atomic mass is 35.5. The first kappa shape index (κ1) is 39.1. The average molecular weight is 735 g/mol. The van der Waals surface area contributed by atoms with Crippen molar-refractivity contribution >= 4 is 46.4 Å². The number of aromatic hydroxyl groups is 1. The van der Waals surface area contributed by atoms with Crippen LogP contribution >= 0.6 is 11.6 Å². The Labute approximate surface area is 311 Å². The molecule has 0 saturated carbocycles. The second-order valence-corrected chi connectivity index (χ2v) is 11.7. The number of ether oxygens (including phenoxy) is 1. The van der Waals surface area contributed by atoms with E-state index in [2.05, 4.69) is 54.8 Å². The van der Waals surface area contributed by atoms with E-state index in [-0.39, 0.29) is 22.4 Å². The molecule has 0 aliphatic rings. The number of carbonyl (C=O) groups excluding carboxylic acids is 2. The molecule has 6 aromatic rings. The van der Waals surface area contributed by atoms with Gasteiger partial charge in [0.25, 0.3) is 11.8 Å². The molecule has 0 radical (unpaired) electrons. The Morgan fingerprint density at radius 1 is 0.679 bits per heavy atom. The summed E-state index contributed by atoms with van der Waals surface area (Å²) in [6, 6.07) is 29.0. The van der Waals surface area contributed by atoms with Crippen molar-refractivity contribution in [1.29, 1.82) is 0 Å². The van der Waals surface area contributed by atoms with E-state index in [1.165, 1.54) is 11.6 Å². The lowest BCUT2D eigenvalue weighted by atomic mass is 10.2. The number of hydrogen-bond acceptors (Lipinski definition) is 12. The summed E-state index contributed by atoms with van der Waals surface area (Å²) < 4.78 is 5.77. The number of pyridine rings is 2. The van der Waals surface area contributed by atoms with Crippen molar-refractivity contribution < 1.29 is 19.4 Å². The molecule has 0 spiro atoms. The van der Waals surface area contributed by atoms with E-state index in [0.29, 0.717) is 34.5 Å². The molecule has 2 amide bonds. The number of benzene rings is 2. The molecule has 0 bridgehead atoms. The summed E-state index contributed by atoms with van der Waals surface area (Å²) in [4.78, 5) is 31.5. The van der Waals surface area contributed by atoms with E-state index in [0.717, 1.165) is 29.8 Å². The quantitative estimate of drug-likeness (QED) is 0.0960. The molecule has 0 aliphatic carbocycles. The second kappa shape index (κ2) is 19.1. The second-order valence-electron chi connectivity index (χ2n) is 11.3. The van der Waals surface area contributed by atoms with Gasteiger partial charge in [-0.15, -0.1) is 20.4 Å². The van der Waals surface area contributed by atoms with E-state index in [1.807, 2.05) is 74.5 Å². The number of phenolic OH excluding ortho intramolecular Hbond substituents is 1. The third-order valence-corrected chi connectivity index (χ3v) is 7.34. The maximum absolute atomic E-state index is 11.7. The third-order valence-electron chi connectivity index (χ3n) is 7.15. The SMILES string of the molecule is CCc1cccc(O)c1.CCc1cccc(Oc2cc(Nc3cccc(C)n3)c(C(N)=O)nn2)c1.Cc1cccc(Nc2cc(Cl)nnc2C(N)=O)n1. The van der Waals surface area contributed by atoms with Crippen LogP contribution < -0.4 is 26.8 Å². The van der Waals surface area contributed by atoms with Gasteiger partial charge in [0.2, 0.25) is 5.88 Å². The summed E-state index contributed by atoms with van der Waals surface area (Å²) in [5.74, 6) is 1.01. The summed E-state index contributed by atoms with van der Waals surface area (Å²) in [6.45, 7) is 7.87. The number of nitrogens with one attached hydrogen (secondary N) is 2. The lowest BCUT2D eigenvalue weighted by Crippen LogP contribution is -2.16. The lowest BCUT2D eigenvalue weighted by molar-refractivity contribution is 0.0987. The molecule has 2 aromatic carbocycles. The largest absolute Gasteiger partial charge is 0.508 e. The number of phenols is 1. The minimum absolute atomic E-state index is 0.0164. The number of aryl methyl sites for hydroxylation is 4. The summed E-state index contributed by atoms with van der Waals surface area (Å²) in [7, 11) is 0. The highest BCUT2D eigenvalue weighted by Gasteiger charge is 2.15. The Kier molecular flexibility index (Phi) is 14.1. The van der Waals surface area contributed by atoms with Crippen LogP contribution in [0.5, 0.6) is 17.4 Å². The van der Waals surface area contributed by atoms with Crippen molar-refractivity contribution in [3.05, 3.63) is 136 Å². The Bertz CT molecular complexity index is 2180. The molecule has 15 heteroatoms. The van der Waals surface area contributed by atoms with Crippen molar-refractivity contribution in [2.75, 3.05) is 10.6 Å². The smallest absolute Gasteiger partial charge is 0.271 e. The van der Waals surface area contributed by atoms with Crippen LogP contribution in [0.15, 0.2) is 97.1 Å². The Morgan fingerprint density at radius 2 is 1.19 bits per heavy atom. The van der Waals surface area contributed by atoms with Gasteiger partial charge in [-0.25, -0.2) is 9.97 Å². The predicted octanol–water partition coefficient (Wildman–Crippen LogP) is 7.01. The zero-order chi connectivity index (χ0) is 38.3. The van der Waals surface area contributed by atoms with Gasteiger partial charge in [-0.2, -0.15) is 0 Å². The lowest BCUT2D eigenvalue weighted by Gasteiger charge is -2.11. The Balaban J connectivity index is 0.000000200. The van der Waals surface area contributed by atoms with Crippen LogP contribution in [0, 0.1) is 13.8 Å². The first-order valence-electron chi connectivity index (χ1n) is 16.4. The van der Waals surface area contributed by atoms with Gasteiger partial charge in [0.1, 0.15) is 23.1 Å². The monoisotopic (exact) mass is 734 g/mol. The number of primary amides is 2. The summed E-state index contributed by atoms with van der Waals surface area (Å²) in [6.07, 6.45) is 1.88. The van der Waals surface area contributed by atoms with Crippen molar-refractivity contribution in [1.82, 2.24) is 30.4 Å². The van der Waals surface area contributed by atoms with Gasteiger partial charge in [0, 0.05) is 23.5 Å². The van der Waals surface area contributed by atoms with E-state index in [9.17, 15) is 9.59 Å². The summed E-state index contributed by atoms with van der Waals surface area (Å²) in [5.41, 5.74) is 15.4. The Hall–Kier alpha value is -6.67. The molecule has 272 valence electrons. The minimum Gasteiger partial charge on any atom is -0.508 e. The van der Waals surface area contributed by atoms with Crippen LogP contribution in [0.3, 0.4) is 0 Å². The van der Waals surface area contributed by atoms with Crippen molar-refractivity contribution in [3.63, 3.8) is 0 Å². The first-order valence-corrected chi connectivity index (χ1v) is 16.8. The van der Waals surface area contributed by atoms with Gasteiger partial charge in [-0.3, -0.25) is 9.59 Å². The fraction of sp³-hybridized carbons (Fsp3) is 0.158. The van der Waals surface area contributed by atoms with Crippen molar-refractivity contribution in [2.24, 2.45) is 11.5 Å². The standard InChI is InChI=1S/C19H19N5O2.C11H10ClN5O.C8H10O/c1-3-13-7-5-8-14(10-13)26-17-11-15(18(19(20)25)24-23-17)22-16-9-4-6-12(2)21-16;1-6-3-2-4-9(14-6)15-7-5-8(12)16-17-10(7)11(13)18;1-2-7-4-3-5-8(9)6-7/h4-11H,3H2,1-2H3,(H2,20,25)(H,21,22,23);2-5H,1H3,(H2,13,18)(H,14,15,16);3-6,9H,2H2,1H3. The maximum atomic E-state index is 11.7. The number of nitrogens with zero attached hydrogens (tertiary/aromatic N) is 6. The number of aromatic nitrogens is 6. The molecular weight excluding hydrogens is 696 g/mol. The topological polar surface area (TPSA) is 217 Å². The van der Waals surface area contributed by atoms with E-state index in [4.69, 9.17) is 32.9 Å². The molecule has 4 heterocycles. The number of hydrogen-bond donors (Lipinski definition) is 5. The molecule has 0 atom stereocenters. The Morgan fingerprint density at radius 3 is 1.70 bits per heavy atom. The zero-order valence-corrected chi connectivity index (χ0v) is 30.3. The maximum Gasteiger partial charge on any atom is 0.271 e. The van der Waals surface area contributed by atoms with E-state index in [1.54, 1.807) is 30.3 Å². The number of nitrogens with two attached hydrogens (primary N) is 2. The van der Waals surface area contributed by atoms with Crippen molar-refractivity contribution in [2.45, 2.75) is 40.5 Å². The molecule has 0 fully saturated rings. The van der Waals surface area contributed by atoms with Gasteiger partial charge >= 0.3 is 0 Å². The number of anilines is 4. The van der Waals surface area contributed by atoms with Gasteiger partial charge in [0.15, 0.2) is 16.5 Å². The molecule has 14 nitrogen and oxygen atoms in total. The number of halogens is 1. The van der Waals surface area contributed by atoms with Crippen LogP contribution in [0.25, 0.3) is 0 Å².